The summed E-state index contributed by atoms with van der Waals surface area (Å²) >= 11 is 0. The molecule has 1 aliphatic heterocycles. The number of hydrazine groups is 1. The Morgan fingerprint density at radius 1 is 0.757 bits per heavy atom. The fourth-order valence-corrected chi connectivity index (χ4v) is 4.10. The summed E-state index contributed by atoms with van der Waals surface area (Å²) in [7, 11) is 0. The first-order valence-electron chi connectivity index (χ1n) is 12.7. The van der Waals surface area contributed by atoms with Crippen LogP contribution in [0.1, 0.15) is 23.1 Å². The van der Waals surface area contributed by atoms with Gasteiger partial charge < -0.3 is 9.64 Å². The summed E-state index contributed by atoms with van der Waals surface area (Å²) in [6, 6.07) is 27.9. The molecule has 0 aromatic heterocycles. The lowest BCUT2D eigenvalue weighted by molar-refractivity contribution is -0.127. The molecule has 4 rings (SSSR count). The van der Waals surface area contributed by atoms with Crippen molar-refractivity contribution in [2.75, 3.05) is 32.7 Å². The van der Waals surface area contributed by atoms with E-state index in [4.69, 9.17) is 4.74 Å². The van der Waals surface area contributed by atoms with E-state index in [-0.39, 0.29) is 11.8 Å². The van der Waals surface area contributed by atoms with E-state index in [1.165, 1.54) is 11.6 Å². The number of rotatable bonds is 10. The Morgan fingerprint density at radius 2 is 1.38 bits per heavy atom. The fourth-order valence-electron chi connectivity index (χ4n) is 4.10. The smallest absolute Gasteiger partial charge is 0.262 e. The third kappa shape index (κ3) is 9.22. The zero-order chi connectivity index (χ0) is 25.7. The number of hydrogen-bond acceptors (Lipinski definition) is 5. The summed E-state index contributed by atoms with van der Waals surface area (Å²) in [5.41, 5.74) is 8.23. The number of benzene rings is 3. The van der Waals surface area contributed by atoms with Gasteiger partial charge in [0.1, 0.15) is 12.4 Å². The molecule has 2 N–H and O–H groups in total. The van der Waals surface area contributed by atoms with E-state index in [0.717, 1.165) is 49.6 Å². The van der Waals surface area contributed by atoms with E-state index < -0.39 is 0 Å². The number of carbonyl (C=O) groups excluding carboxylic acids is 2. The molecular weight excluding hydrogens is 464 g/mol. The van der Waals surface area contributed by atoms with Gasteiger partial charge in [0.25, 0.3) is 5.91 Å². The Balaban J connectivity index is 1.09. The zero-order valence-electron chi connectivity index (χ0n) is 21.0. The molecule has 1 fully saturated rings. The summed E-state index contributed by atoms with van der Waals surface area (Å²) in [6.07, 6.45) is 3.43. The second kappa shape index (κ2) is 14.0. The summed E-state index contributed by atoms with van der Waals surface area (Å²) < 4.78 is 5.78. The van der Waals surface area contributed by atoms with Crippen molar-refractivity contribution in [1.82, 2.24) is 20.7 Å². The van der Waals surface area contributed by atoms with Crippen LogP contribution in [-0.4, -0.2) is 54.3 Å². The first-order chi connectivity index (χ1) is 18.1. The topological polar surface area (TPSA) is 73.9 Å². The molecule has 0 saturated carbocycles. The zero-order valence-corrected chi connectivity index (χ0v) is 21.0. The van der Waals surface area contributed by atoms with Crippen LogP contribution in [0, 0.1) is 0 Å². The average molecular weight is 499 g/mol. The van der Waals surface area contributed by atoms with Crippen molar-refractivity contribution >= 4 is 17.9 Å². The first-order valence-corrected chi connectivity index (χ1v) is 12.7. The number of amides is 2. The minimum absolute atomic E-state index is 0.201. The fraction of sp³-hybridized carbons (Fsp3) is 0.267. The standard InChI is InChI=1S/C30H34N4O3/c35-29(16-13-25-11-14-28(15-12-25)37-24-27-9-5-2-6-10-27)31-32-30(36)17-18-33-19-21-34(22-20-33)23-26-7-3-1-4-8-26/h1-16H,17-24H2,(H,31,35)(H,32,36)/b16-13+. The highest BCUT2D eigenvalue weighted by Crippen LogP contribution is 2.15. The number of hydrogen-bond donors (Lipinski definition) is 2. The van der Waals surface area contributed by atoms with Crippen LogP contribution >= 0.6 is 0 Å². The van der Waals surface area contributed by atoms with Crippen LogP contribution in [0.15, 0.2) is 91.0 Å². The maximum Gasteiger partial charge on any atom is 0.262 e. The van der Waals surface area contributed by atoms with Gasteiger partial charge in [-0.15, -0.1) is 0 Å². The molecule has 0 unspecified atom stereocenters. The summed E-state index contributed by atoms with van der Waals surface area (Å²) in [5, 5.41) is 0. The number of ether oxygens (including phenoxy) is 1. The second-order valence-corrected chi connectivity index (χ2v) is 9.07. The highest BCUT2D eigenvalue weighted by molar-refractivity contribution is 5.93. The molecule has 0 bridgehead atoms. The van der Waals surface area contributed by atoms with E-state index in [1.807, 2.05) is 60.7 Å². The molecule has 3 aromatic rings. The van der Waals surface area contributed by atoms with Gasteiger partial charge in [-0.2, -0.15) is 0 Å². The molecule has 0 aliphatic carbocycles. The quantitative estimate of drug-likeness (QED) is 0.330. The van der Waals surface area contributed by atoms with Gasteiger partial charge in [-0.1, -0.05) is 72.8 Å². The third-order valence-electron chi connectivity index (χ3n) is 6.25. The van der Waals surface area contributed by atoms with Gasteiger partial charge in [0.2, 0.25) is 5.91 Å². The Morgan fingerprint density at radius 3 is 2.05 bits per heavy atom. The predicted molar refractivity (Wildman–Crippen MR) is 145 cm³/mol. The van der Waals surface area contributed by atoms with Gasteiger partial charge >= 0.3 is 0 Å². The van der Waals surface area contributed by atoms with Crippen LogP contribution in [0.2, 0.25) is 0 Å². The van der Waals surface area contributed by atoms with E-state index in [0.29, 0.717) is 19.6 Å². The summed E-state index contributed by atoms with van der Waals surface area (Å²) in [4.78, 5) is 29.0. The molecule has 1 saturated heterocycles. The van der Waals surface area contributed by atoms with Crippen molar-refractivity contribution < 1.29 is 14.3 Å². The number of carbonyl (C=O) groups is 2. The molecule has 0 atom stereocenters. The Bertz CT molecular complexity index is 1140. The van der Waals surface area contributed by atoms with Crippen molar-refractivity contribution in [1.29, 1.82) is 0 Å². The Labute approximate surface area is 218 Å². The molecule has 37 heavy (non-hydrogen) atoms. The maximum atomic E-state index is 12.2. The van der Waals surface area contributed by atoms with Gasteiger partial charge in [-0.05, 0) is 34.9 Å². The van der Waals surface area contributed by atoms with Crippen LogP contribution in [0.4, 0.5) is 0 Å². The SMILES string of the molecule is O=C(/C=C/c1ccc(OCc2ccccc2)cc1)NNC(=O)CCN1CCN(Cc2ccccc2)CC1. The lowest BCUT2D eigenvalue weighted by atomic mass is 10.2. The normalized spacial score (nSPS) is 14.4. The predicted octanol–water partition coefficient (Wildman–Crippen LogP) is 3.63. The Kier molecular flexibility index (Phi) is 9.86. The average Bonchev–Trinajstić information content (AvgIpc) is 2.95. The van der Waals surface area contributed by atoms with Crippen LogP contribution in [-0.2, 0) is 22.7 Å². The third-order valence-corrected chi connectivity index (χ3v) is 6.25. The molecule has 3 aromatic carbocycles. The number of piperazine rings is 1. The molecule has 192 valence electrons. The summed E-state index contributed by atoms with van der Waals surface area (Å²) in [6.45, 7) is 5.98. The highest BCUT2D eigenvalue weighted by Gasteiger charge is 2.17. The molecule has 7 nitrogen and oxygen atoms in total. The summed E-state index contributed by atoms with van der Waals surface area (Å²) in [5.74, 6) is 0.177. The first kappa shape index (κ1) is 26.1. The van der Waals surface area contributed by atoms with Gasteiger partial charge in [-0.3, -0.25) is 25.3 Å². The minimum atomic E-state index is -0.382. The maximum absolute atomic E-state index is 12.2. The molecule has 2 amide bonds. The van der Waals surface area contributed by atoms with Crippen molar-refractivity contribution in [2.45, 2.75) is 19.6 Å². The number of nitrogens with one attached hydrogen (secondary N) is 2. The monoisotopic (exact) mass is 498 g/mol. The molecule has 0 radical (unpaired) electrons. The number of nitrogens with zero attached hydrogens (tertiary/aromatic N) is 2. The largest absolute Gasteiger partial charge is 0.489 e. The second-order valence-electron chi connectivity index (χ2n) is 9.07. The lowest BCUT2D eigenvalue weighted by Crippen LogP contribution is -2.47. The van der Waals surface area contributed by atoms with Gasteiger partial charge in [0.05, 0.1) is 0 Å². The van der Waals surface area contributed by atoms with Gasteiger partial charge in [-0.25, -0.2) is 0 Å². The molecule has 0 spiro atoms. The van der Waals surface area contributed by atoms with Crippen LogP contribution < -0.4 is 15.6 Å². The molecule has 7 heteroatoms. The van der Waals surface area contributed by atoms with Crippen molar-refractivity contribution in [3.8, 4) is 5.75 Å². The van der Waals surface area contributed by atoms with Gasteiger partial charge in [0.15, 0.2) is 0 Å². The molecular formula is C30H34N4O3. The van der Waals surface area contributed by atoms with Crippen molar-refractivity contribution in [3.05, 3.63) is 108 Å². The van der Waals surface area contributed by atoms with Crippen LogP contribution in [0.3, 0.4) is 0 Å². The van der Waals surface area contributed by atoms with Gasteiger partial charge in [0, 0.05) is 51.8 Å². The van der Waals surface area contributed by atoms with E-state index in [9.17, 15) is 9.59 Å². The van der Waals surface area contributed by atoms with E-state index in [1.54, 1.807) is 6.08 Å². The van der Waals surface area contributed by atoms with Crippen molar-refractivity contribution in [3.63, 3.8) is 0 Å². The minimum Gasteiger partial charge on any atom is -0.489 e. The molecule has 1 heterocycles. The van der Waals surface area contributed by atoms with E-state index >= 15 is 0 Å². The van der Waals surface area contributed by atoms with Crippen molar-refractivity contribution in [2.24, 2.45) is 0 Å². The Hall–Kier alpha value is -3.94. The lowest BCUT2D eigenvalue weighted by Gasteiger charge is -2.34. The van der Waals surface area contributed by atoms with E-state index in [2.05, 4.69) is 44.9 Å². The van der Waals surface area contributed by atoms with Crippen LogP contribution in [0.5, 0.6) is 5.75 Å². The molecule has 1 aliphatic rings. The highest BCUT2D eigenvalue weighted by atomic mass is 16.5. The van der Waals surface area contributed by atoms with Crippen LogP contribution in [0.25, 0.3) is 6.08 Å².